The molecule has 1 atom stereocenters. The minimum absolute atomic E-state index is 0.471. The summed E-state index contributed by atoms with van der Waals surface area (Å²) in [5.74, 6) is 0. The van der Waals surface area contributed by atoms with E-state index in [4.69, 9.17) is 5.73 Å². The maximum Gasteiger partial charge on any atom is 0.104 e. The Kier molecular flexibility index (Phi) is 2.73. The van der Waals surface area contributed by atoms with Gasteiger partial charge in [0.15, 0.2) is 0 Å². The van der Waals surface area contributed by atoms with Crippen LogP contribution in [0.2, 0.25) is 0 Å². The largest absolute Gasteiger partial charge is 0.387 e. The van der Waals surface area contributed by atoms with Gasteiger partial charge in [0, 0.05) is 5.38 Å². The number of aliphatic hydroxyl groups excluding tert-OH is 1. The van der Waals surface area contributed by atoms with Gasteiger partial charge in [0.25, 0.3) is 0 Å². The molecular weight excluding hydrogens is 150 g/mol. The van der Waals surface area contributed by atoms with Crippen molar-refractivity contribution in [3.8, 4) is 0 Å². The summed E-state index contributed by atoms with van der Waals surface area (Å²) in [6.45, 7) is 0.471. The van der Waals surface area contributed by atoms with Crippen LogP contribution in [0.25, 0.3) is 0 Å². The Morgan fingerprint density at radius 2 is 2.60 bits per heavy atom. The lowest BCUT2D eigenvalue weighted by Crippen LogP contribution is -2.06. The van der Waals surface area contributed by atoms with Gasteiger partial charge in [-0.1, -0.05) is 4.49 Å². The van der Waals surface area contributed by atoms with E-state index in [9.17, 15) is 5.11 Å². The molecule has 10 heavy (non-hydrogen) atoms. The van der Waals surface area contributed by atoms with Gasteiger partial charge in [-0.05, 0) is 24.5 Å². The predicted molar refractivity (Wildman–Crippen MR) is 38.5 cm³/mol. The molecule has 0 aromatic carbocycles. The number of aromatic nitrogens is 2. The first kappa shape index (κ1) is 7.59. The molecule has 1 heterocycles. The van der Waals surface area contributed by atoms with Crippen LogP contribution in [-0.4, -0.2) is 21.2 Å². The molecule has 1 aromatic rings. The Morgan fingerprint density at radius 3 is 3.10 bits per heavy atom. The molecule has 5 heteroatoms. The smallest absolute Gasteiger partial charge is 0.104 e. The highest BCUT2D eigenvalue weighted by molar-refractivity contribution is 7.03. The van der Waals surface area contributed by atoms with E-state index in [0.717, 1.165) is 0 Å². The minimum Gasteiger partial charge on any atom is -0.387 e. The quantitative estimate of drug-likeness (QED) is 0.647. The maximum atomic E-state index is 9.23. The molecule has 3 N–H and O–H groups in total. The summed E-state index contributed by atoms with van der Waals surface area (Å²) in [6, 6.07) is 0. The lowest BCUT2D eigenvalue weighted by atomic mass is 10.2. The highest BCUT2D eigenvalue weighted by Gasteiger charge is 2.07. The molecule has 0 unspecified atom stereocenters. The van der Waals surface area contributed by atoms with E-state index in [2.05, 4.69) is 9.59 Å². The zero-order chi connectivity index (χ0) is 7.40. The molecule has 4 nitrogen and oxygen atoms in total. The van der Waals surface area contributed by atoms with Crippen molar-refractivity contribution < 1.29 is 5.11 Å². The summed E-state index contributed by atoms with van der Waals surface area (Å²) in [5, 5.41) is 14.7. The lowest BCUT2D eigenvalue weighted by Gasteiger charge is -2.02. The van der Waals surface area contributed by atoms with Gasteiger partial charge >= 0.3 is 0 Å². The van der Waals surface area contributed by atoms with E-state index >= 15 is 0 Å². The Morgan fingerprint density at radius 1 is 1.80 bits per heavy atom. The number of nitrogens with two attached hydrogens (primary N) is 1. The summed E-state index contributed by atoms with van der Waals surface area (Å²) < 4.78 is 3.62. The Balaban J connectivity index is 2.50. The molecule has 0 saturated heterocycles. The second-order valence-electron chi connectivity index (χ2n) is 1.92. The van der Waals surface area contributed by atoms with Crippen molar-refractivity contribution in [3.05, 3.63) is 11.1 Å². The van der Waals surface area contributed by atoms with Crippen LogP contribution in [0.15, 0.2) is 5.38 Å². The fraction of sp³-hybridized carbons (Fsp3) is 0.600. The zero-order valence-corrected chi connectivity index (χ0v) is 6.21. The van der Waals surface area contributed by atoms with Gasteiger partial charge in [-0.3, -0.25) is 0 Å². The Labute approximate surface area is 62.8 Å². The van der Waals surface area contributed by atoms with E-state index in [1.165, 1.54) is 11.5 Å². The zero-order valence-electron chi connectivity index (χ0n) is 5.40. The topological polar surface area (TPSA) is 72.0 Å². The van der Waals surface area contributed by atoms with Gasteiger partial charge in [0.05, 0.1) is 6.10 Å². The first-order valence-corrected chi connectivity index (χ1v) is 3.83. The molecule has 0 radical (unpaired) electrons. The highest BCUT2D eigenvalue weighted by Crippen LogP contribution is 2.12. The van der Waals surface area contributed by atoms with E-state index in [1.807, 2.05) is 0 Å². The number of rotatable bonds is 3. The summed E-state index contributed by atoms with van der Waals surface area (Å²) in [6.07, 6.45) is 0.00884. The van der Waals surface area contributed by atoms with E-state index < -0.39 is 6.10 Å². The molecule has 0 aliphatic carbocycles. The number of nitrogens with zero attached hydrogens (tertiary/aromatic N) is 2. The number of hydrogen-bond acceptors (Lipinski definition) is 5. The normalized spacial score (nSPS) is 13.4. The van der Waals surface area contributed by atoms with Crippen LogP contribution in [0.3, 0.4) is 0 Å². The standard InChI is InChI=1S/C5H9N3OS/c6-2-1-5(9)4-3-10-8-7-4/h3,5,9H,1-2,6H2/t5-/m0/s1. The van der Waals surface area contributed by atoms with Crippen molar-refractivity contribution in [2.24, 2.45) is 5.73 Å². The van der Waals surface area contributed by atoms with Crippen LogP contribution in [-0.2, 0) is 0 Å². The molecule has 56 valence electrons. The second-order valence-corrected chi connectivity index (χ2v) is 2.53. The van der Waals surface area contributed by atoms with Gasteiger partial charge in [-0.25, -0.2) is 0 Å². The fourth-order valence-electron chi connectivity index (χ4n) is 0.623. The van der Waals surface area contributed by atoms with Crippen LogP contribution >= 0.6 is 11.5 Å². The van der Waals surface area contributed by atoms with Crippen LogP contribution in [0.1, 0.15) is 18.2 Å². The Hall–Kier alpha value is -0.520. The molecule has 1 aromatic heterocycles. The van der Waals surface area contributed by atoms with Crippen molar-refractivity contribution in [3.63, 3.8) is 0 Å². The average molecular weight is 159 g/mol. The van der Waals surface area contributed by atoms with E-state index in [0.29, 0.717) is 18.7 Å². The summed E-state index contributed by atoms with van der Waals surface area (Å²) in [7, 11) is 0. The molecule has 0 spiro atoms. The lowest BCUT2D eigenvalue weighted by molar-refractivity contribution is 0.165. The summed E-state index contributed by atoms with van der Waals surface area (Å²) >= 11 is 1.23. The van der Waals surface area contributed by atoms with Crippen molar-refractivity contribution in [1.29, 1.82) is 0 Å². The first-order valence-electron chi connectivity index (χ1n) is 2.99. The highest BCUT2D eigenvalue weighted by atomic mass is 32.1. The third-order valence-corrected chi connectivity index (χ3v) is 1.68. The number of aliphatic hydroxyl groups is 1. The SMILES string of the molecule is NCC[C@H](O)c1csnn1. The van der Waals surface area contributed by atoms with Gasteiger partial charge in [0.1, 0.15) is 5.69 Å². The summed E-state index contributed by atoms with van der Waals surface area (Å²) in [5.41, 5.74) is 5.85. The van der Waals surface area contributed by atoms with Crippen LogP contribution in [0.4, 0.5) is 0 Å². The Bertz CT molecular complexity index is 177. The van der Waals surface area contributed by atoms with Crippen molar-refractivity contribution >= 4 is 11.5 Å². The third-order valence-electron chi connectivity index (χ3n) is 1.16. The molecule has 0 bridgehead atoms. The van der Waals surface area contributed by atoms with Crippen molar-refractivity contribution in [2.45, 2.75) is 12.5 Å². The number of hydrogen-bond donors (Lipinski definition) is 2. The van der Waals surface area contributed by atoms with Gasteiger partial charge in [-0.2, -0.15) is 0 Å². The monoisotopic (exact) mass is 159 g/mol. The van der Waals surface area contributed by atoms with Crippen LogP contribution in [0.5, 0.6) is 0 Å². The predicted octanol–water partition coefficient (Wildman–Crippen LogP) is -0.0797. The average Bonchev–Trinajstić information content (AvgIpc) is 2.38. The van der Waals surface area contributed by atoms with Crippen molar-refractivity contribution in [2.75, 3.05) is 6.54 Å². The van der Waals surface area contributed by atoms with E-state index in [1.54, 1.807) is 5.38 Å². The van der Waals surface area contributed by atoms with Crippen LogP contribution in [0, 0.1) is 0 Å². The van der Waals surface area contributed by atoms with Gasteiger partial charge < -0.3 is 10.8 Å². The molecule has 0 saturated carbocycles. The van der Waals surface area contributed by atoms with Crippen molar-refractivity contribution in [1.82, 2.24) is 9.59 Å². The summed E-state index contributed by atoms with van der Waals surface area (Å²) in [4.78, 5) is 0. The fourth-order valence-corrected chi connectivity index (χ4v) is 1.12. The minimum atomic E-state index is -0.538. The second kappa shape index (κ2) is 3.60. The molecule has 0 aliphatic rings. The third kappa shape index (κ3) is 1.73. The maximum absolute atomic E-state index is 9.23. The molecule has 0 aliphatic heterocycles. The molecule has 0 amide bonds. The van der Waals surface area contributed by atoms with Gasteiger partial charge in [0.2, 0.25) is 0 Å². The van der Waals surface area contributed by atoms with Gasteiger partial charge in [-0.15, -0.1) is 5.10 Å². The molecular formula is C5H9N3OS. The molecule has 0 fully saturated rings. The van der Waals surface area contributed by atoms with E-state index in [-0.39, 0.29) is 0 Å². The molecule has 1 rings (SSSR count). The van der Waals surface area contributed by atoms with Crippen LogP contribution < -0.4 is 5.73 Å². The first-order chi connectivity index (χ1) is 4.84.